The monoisotopic (exact) mass is 380 g/mol. The van der Waals surface area contributed by atoms with Gasteiger partial charge >= 0.3 is 11.9 Å². The van der Waals surface area contributed by atoms with E-state index in [1.165, 1.54) is 12.1 Å². The maximum Gasteiger partial charge on any atom is 0.335 e. The highest BCUT2D eigenvalue weighted by molar-refractivity contribution is 6.30. The zero-order valence-electron chi connectivity index (χ0n) is 14.3. The third kappa shape index (κ3) is 4.36. The van der Waals surface area contributed by atoms with Crippen LogP contribution in [-0.2, 0) is 6.42 Å². The molecule has 4 nitrogen and oxygen atoms in total. The Morgan fingerprint density at radius 2 is 1.44 bits per heavy atom. The van der Waals surface area contributed by atoms with Crippen LogP contribution in [0.25, 0.3) is 0 Å². The Kier molecular flexibility index (Phi) is 5.57. The first-order valence-electron chi connectivity index (χ1n) is 8.35. The highest BCUT2D eigenvalue weighted by Gasteiger charge is 2.20. The maximum absolute atomic E-state index is 11.7. The molecule has 0 fully saturated rings. The van der Waals surface area contributed by atoms with Crippen molar-refractivity contribution >= 4 is 23.5 Å². The first kappa shape index (κ1) is 18.7. The summed E-state index contributed by atoms with van der Waals surface area (Å²) in [7, 11) is 0. The molecule has 0 spiro atoms. The normalized spacial score (nSPS) is 11.7. The Morgan fingerprint density at radius 3 is 2.04 bits per heavy atom. The second-order valence-electron chi connectivity index (χ2n) is 6.20. The molecule has 3 aromatic carbocycles. The summed E-state index contributed by atoms with van der Waals surface area (Å²) >= 11 is 6.00. The molecule has 0 heterocycles. The Hall–Kier alpha value is -3.11. The molecule has 5 heteroatoms. The quantitative estimate of drug-likeness (QED) is 0.623. The van der Waals surface area contributed by atoms with Gasteiger partial charge in [-0.05, 0) is 47.4 Å². The summed E-state index contributed by atoms with van der Waals surface area (Å²) in [4.78, 5) is 22.9. The van der Waals surface area contributed by atoms with Crippen molar-refractivity contribution in [3.8, 4) is 0 Å². The van der Waals surface area contributed by atoms with Crippen molar-refractivity contribution in [2.75, 3.05) is 0 Å². The van der Waals surface area contributed by atoms with Crippen LogP contribution in [0.3, 0.4) is 0 Å². The van der Waals surface area contributed by atoms with E-state index in [1.807, 2.05) is 42.5 Å². The maximum atomic E-state index is 11.7. The van der Waals surface area contributed by atoms with Gasteiger partial charge in [0.1, 0.15) is 0 Å². The lowest BCUT2D eigenvalue weighted by Gasteiger charge is -2.20. The van der Waals surface area contributed by atoms with Gasteiger partial charge in [0, 0.05) is 10.9 Å². The van der Waals surface area contributed by atoms with Crippen molar-refractivity contribution in [1.82, 2.24) is 0 Å². The van der Waals surface area contributed by atoms with Crippen LogP contribution in [0.15, 0.2) is 72.8 Å². The van der Waals surface area contributed by atoms with E-state index < -0.39 is 11.9 Å². The van der Waals surface area contributed by atoms with Gasteiger partial charge in [-0.2, -0.15) is 0 Å². The topological polar surface area (TPSA) is 74.6 Å². The lowest BCUT2D eigenvalue weighted by atomic mass is 9.84. The van der Waals surface area contributed by atoms with Gasteiger partial charge < -0.3 is 10.2 Å². The molecule has 0 radical (unpaired) electrons. The number of hydrogen-bond donors (Lipinski definition) is 2. The number of carbonyl (C=O) groups is 2. The molecule has 0 aliphatic rings. The average Bonchev–Trinajstić information content (AvgIpc) is 2.67. The van der Waals surface area contributed by atoms with E-state index in [2.05, 4.69) is 0 Å². The smallest absolute Gasteiger partial charge is 0.335 e. The fourth-order valence-corrected chi connectivity index (χ4v) is 3.24. The van der Waals surface area contributed by atoms with Gasteiger partial charge in [-0.3, -0.25) is 0 Å². The van der Waals surface area contributed by atoms with Crippen LogP contribution in [0.4, 0.5) is 0 Å². The second-order valence-corrected chi connectivity index (χ2v) is 6.64. The minimum atomic E-state index is -1.15. The van der Waals surface area contributed by atoms with Gasteiger partial charge in [-0.25, -0.2) is 9.59 Å². The minimum absolute atomic E-state index is 0.00444. The molecule has 0 aliphatic carbocycles. The van der Waals surface area contributed by atoms with Crippen LogP contribution in [0.5, 0.6) is 0 Å². The van der Waals surface area contributed by atoms with E-state index in [0.29, 0.717) is 17.0 Å². The molecule has 0 bridgehead atoms. The van der Waals surface area contributed by atoms with E-state index in [9.17, 15) is 14.7 Å². The lowest BCUT2D eigenvalue weighted by molar-refractivity contribution is 0.0695. The number of carboxylic acids is 2. The SMILES string of the molecule is O=C(O)c1ccc(CC(c2ccccc2)c2ccc(Cl)cc2)c(C(=O)O)c1. The number of hydrogen-bond acceptors (Lipinski definition) is 2. The number of halogens is 1. The Balaban J connectivity index is 2.06. The molecule has 3 aromatic rings. The summed E-state index contributed by atoms with van der Waals surface area (Å²) in [6.07, 6.45) is 0.424. The largest absolute Gasteiger partial charge is 0.478 e. The van der Waals surface area contributed by atoms with Crippen molar-refractivity contribution < 1.29 is 19.8 Å². The third-order valence-electron chi connectivity index (χ3n) is 4.49. The predicted octanol–water partition coefficient (Wildman–Crippen LogP) is 5.11. The predicted molar refractivity (Wildman–Crippen MR) is 104 cm³/mol. The summed E-state index contributed by atoms with van der Waals surface area (Å²) in [5.74, 6) is -2.38. The van der Waals surface area contributed by atoms with Crippen LogP contribution >= 0.6 is 11.6 Å². The van der Waals surface area contributed by atoms with Crippen LogP contribution in [0.1, 0.15) is 43.3 Å². The lowest BCUT2D eigenvalue weighted by Crippen LogP contribution is -2.11. The van der Waals surface area contributed by atoms with Crippen LogP contribution in [0.2, 0.25) is 5.02 Å². The summed E-state index contributed by atoms with van der Waals surface area (Å²) < 4.78 is 0. The van der Waals surface area contributed by atoms with E-state index >= 15 is 0 Å². The van der Waals surface area contributed by atoms with E-state index in [1.54, 1.807) is 18.2 Å². The van der Waals surface area contributed by atoms with Crippen LogP contribution in [0, 0.1) is 0 Å². The highest BCUT2D eigenvalue weighted by atomic mass is 35.5. The Morgan fingerprint density at radius 1 is 0.815 bits per heavy atom. The molecule has 2 N–H and O–H groups in total. The minimum Gasteiger partial charge on any atom is -0.478 e. The second kappa shape index (κ2) is 8.06. The first-order chi connectivity index (χ1) is 13.0. The molecular formula is C22H17ClO4. The summed E-state index contributed by atoms with van der Waals surface area (Å²) in [5.41, 5.74) is 2.59. The molecule has 136 valence electrons. The van der Waals surface area contributed by atoms with E-state index in [0.717, 1.165) is 11.1 Å². The fourth-order valence-electron chi connectivity index (χ4n) is 3.12. The first-order valence-corrected chi connectivity index (χ1v) is 8.73. The van der Waals surface area contributed by atoms with Crippen molar-refractivity contribution in [3.05, 3.63) is 106 Å². The van der Waals surface area contributed by atoms with Crippen molar-refractivity contribution in [2.45, 2.75) is 12.3 Å². The van der Waals surface area contributed by atoms with E-state index in [-0.39, 0.29) is 17.0 Å². The molecular weight excluding hydrogens is 364 g/mol. The molecule has 27 heavy (non-hydrogen) atoms. The average molecular weight is 381 g/mol. The number of aromatic carboxylic acids is 2. The molecule has 0 aliphatic heterocycles. The zero-order chi connectivity index (χ0) is 19.4. The summed E-state index contributed by atoms with van der Waals surface area (Å²) in [6.45, 7) is 0. The molecule has 1 atom stereocenters. The van der Waals surface area contributed by atoms with Gasteiger partial charge in [-0.1, -0.05) is 60.1 Å². The highest BCUT2D eigenvalue weighted by Crippen LogP contribution is 2.31. The summed E-state index contributed by atoms with van der Waals surface area (Å²) in [6, 6.07) is 21.5. The van der Waals surface area contributed by atoms with Gasteiger partial charge in [0.25, 0.3) is 0 Å². The van der Waals surface area contributed by atoms with Gasteiger partial charge in [0.15, 0.2) is 0 Å². The van der Waals surface area contributed by atoms with Gasteiger partial charge in [0.2, 0.25) is 0 Å². The van der Waals surface area contributed by atoms with Crippen molar-refractivity contribution in [1.29, 1.82) is 0 Å². The van der Waals surface area contributed by atoms with Crippen LogP contribution in [-0.4, -0.2) is 22.2 Å². The standard InChI is InChI=1S/C22H17ClO4/c23-18-10-8-15(9-11-18)19(14-4-2-1-3-5-14)12-16-6-7-17(21(24)25)13-20(16)22(26)27/h1-11,13,19H,12H2,(H,24,25)(H,26,27). The van der Waals surface area contributed by atoms with Crippen LogP contribution < -0.4 is 0 Å². The fraction of sp³-hybridized carbons (Fsp3) is 0.0909. The van der Waals surface area contributed by atoms with Gasteiger partial charge in [-0.15, -0.1) is 0 Å². The van der Waals surface area contributed by atoms with Crippen molar-refractivity contribution in [3.63, 3.8) is 0 Å². The molecule has 0 saturated heterocycles. The molecule has 1 unspecified atom stereocenters. The third-order valence-corrected chi connectivity index (χ3v) is 4.74. The molecule has 0 saturated carbocycles. The number of rotatable bonds is 6. The van der Waals surface area contributed by atoms with Crippen molar-refractivity contribution in [2.24, 2.45) is 0 Å². The number of carboxylic acid groups (broad SMARTS) is 2. The molecule has 0 aromatic heterocycles. The zero-order valence-corrected chi connectivity index (χ0v) is 15.1. The molecule has 0 amide bonds. The molecule has 3 rings (SSSR count). The Bertz CT molecular complexity index is 965. The Labute approximate surface area is 161 Å². The van der Waals surface area contributed by atoms with E-state index in [4.69, 9.17) is 16.7 Å². The summed E-state index contributed by atoms with van der Waals surface area (Å²) in [5, 5.41) is 19.3. The van der Waals surface area contributed by atoms with Gasteiger partial charge in [0.05, 0.1) is 11.1 Å². The number of benzene rings is 3.